The molecule has 3 heterocycles. The van der Waals surface area contributed by atoms with Crippen molar-refractivity contribution in [2.45, 2.75) is 13.0 Å². The summed E-state index contributed by atoms with van der Waals surface area (Å²) >= 11 is 1.62. The molecule has 4 aromatic rings. The van der Waals surface area contributed by atoms with E-state index >= 15 is 0 Å². The van der Waals surface area contributed by atoms with Crippen molar-refractivity contribution in [1.29, 1.82) is 0 Å². The summed E-state index contributed by atoms with van der Waals surface area (Å²) in [5.41, 5.74) is 3.38. The molecule has 0 saturated heterocycles. The molecule has 2 N–H and O–H groups in total. The van der Waals surface area contributed by atoms with Gasteiger partial charge in [-0.2, -0.15) is 4.98 Å². The van der Waals surface area contributed by atoms with Gasteiger partial charge in [-0.1, -0.05) is 55.1 Å². The van der Waals surface area contributed by atoms with Gasteiger partial charge < -0.3 is 10.6 Å². The standard InChI is InChI=1S/C24H21N5OS/c1-15-13-14-31-21(15)20-19(23(30)26-18-11-7-4-8-12-18)16(2)25-24-27-22(28-29(20)24)17-9-5-3-6-10-17/h3-14,19-20H,2H2,1H3,(H,26,30)(H,25,27,28). The number of fused-ring (bicyclic) bond motifs is 1. The highest BCUT2D eigenvalue weighted by molar-refractivity contribution is 7.10. The van der Waals surface area contributed by atoms with Gasteiger partial charge in [0.25, 0.3) is 0 Å². The number of nitrogens with zero attached hydrogens (tertiary/aromatic N) is 3. The van der Waals surface area contributed by atoms with Crippen molar-refractivity contribution in [1.82, 2.24) is 14.8 Å². The molecule has 1 aliphatic heterocycles. The van der Waals surface area contributed by atoms with E-state index in [1.807, 2.05) is 70.7 Å². The van der Waals surface area contributed by atoms with E-state index in [-0.39, 0.29) is 11.9 Å². The molecule has 2 aromatic carbocycles. The molecule has 5 rings (SSSR count). The average molecular weight is 428 g/mol. The van der Waals surface area contributed by atoms with E-state index in [0.29, 0.717) is 17.5 Å². The van der Waals surface area contributed by atoms with Crippen molar-refractivity contribution in [2.75, 3.05) is 10.6 Å². The molecule has 2 atom stereocenters. The van der Waals surface area contributed by atoms with Crippen molar-refractivity contribution in [3.8, 4) is 11.4 Å². The highest BCUT2D eigenvalue weighted by Gasteiger charge is 2.41. The number of anilines is 2. The number of thiophene rings is 1. The molecule has 7 heteroatoms. The Hall–Kier alpha value is -3.71. The molecule has 0 bridgehead atoms. The summed E-state index contributed by atoms with van der Waals surface area (Å²) in [4.78, 5) is 19.2. The Morgan fingerprint density at radius 2 is 1.81 bits per heavy atom. The zero-order valence-corrected chi connectivity index (χ0v) is 17.8. The number of nitrogens with one attached hydrogen (secondary N) is 2. The van der Waals surface area contributed by atoms with Gasteiger partial charge in [0.05, 0.1) is 0 Å². The van der Waals surface area contributed by atoms with Crippen LogP contribution in [-0.4, -0.2) is 20.7 Å². The Bertz CT molecular complexity index is 1250. The number of amides is 1. The summed E-state index contributed by atoms with van der Waals surface area (Å²) in [5, 5.41) is 13.1. The first-order valence-corrected chi connectivity index (χ1v) is 10.9. The lowest BCUT2D eigenvalue weighted by Crippen LogP contribution is -2.39. The second kappa shape index (κ2) is 7.85. The van der Waals surface area contributed by atoms with Crippen LogP contribution in [0.4, 0.5) is 11.6 Å². The summed E-state index contributed by atoms with van der Waals surface area (Å²) in [6.45, 7) is 6.23. The quantitative estimate of drug-likeness (QED) is 0.475. The second-order valence-electron chi connectivity index (χ2n) is 7.47. The maximum absolute atomic E-state index is 13.4. The summed E-state index contributed by atoms with van der Waals surface area (Å²) in [6.07, 6.45) is 0. The number of benzene rings is 2. The first-order valence-electron chi connectivity index (χ1n) is 9.99. The summed E-state index contributed by atoms with van der Waals surface area (Å²) in [7, 11) is 0. The molecule has 1 aliphatic rings. The summed E-state index contributed by atoms with van der Waals surface area (Å²) in [5.74, 6) is 0.518. The maximum Gasteiger partial charge on any atom is 0.235 e. The lowest BCUT2D eigenvalue weighted by molar-refractivity contribution is -0.119. The van der Waals surface area contributed by atoms with Crippen LogP contribution < -0.4 is 10.6 Å². The number of aryl methyl sites for hydroxylation is 1. The minimum absolute atomic E-state index is 0.135. The van der Waals surface area contributed by atoms with E-state index in [4.69, 9.17) is 10.1 Å². The Morgan fingerprint density at radius 3 is 2.48 bits per heavy atom. The van der Waals surface area contributed by atoms with Crippen molar-refractivity contribution in [3.05, 3.63) is 94.8 Å². The van der Waals surface area contributed by atoms with Gasteiger partial charge >= 0.3 is 0 Å². The van der Waals surface area contributed by atoms with Crippen LogP contribution in [0.15, 0.2) is 84.4 Å². The van der Waals surface area contributed by atoms with E-state index in [1.165, 1.54) is 0 Å². The monoisotopic (exact) mass is 427 g/mol. The minimum Gasteiger partial charge on any atom is -0.328 e. The SMILES string of the molecule is C=C1Nc2nc(-c3ccccc3)nn2C(c2sccc2C)C1C(=O)Nc1ccccc1. The van der Waals surface area contributed by atoms with Gasteiger partial charge in [0, 0.05) is 21.8 Å². The zero-order chi connectivity index (χ0) is 21.4. The lowest BCUT2D eigenvalue weighted by atomic mass is 9.91. The van der Waals surface area contributed by atoms with Crippen LogP contribution in [0.2, 0.25) is 0 Å². The van der Waals surface area contributed by atoms with Gasteiger partial charge in [0.2, 0.25) is 11.9 Å². The summed E-state index contributed by atoms with van der Waals surface area (Å²) in [6, 6.07) is 21.0. The third-order valence-corrected chi connectivity index (χ3v) is 6.47. The number of aromatic nitrogens is 3. The Balaban J connectivity index is 1.59. The Morgan fingerprint density at radius 1 is 1.10 bits per heavy atom. The molecular formula is C24H21N5OS. The minimum atomic E-state index is -0.546. The number of hydrogen-bond acceptors (Lipinski definition) is 5. The molecule has 6 nitrogen and oxygen atoms in total. The van der Waals surface area contributed by atoms with Gasteiger partial charge in [0.1, 0.15) is 12.0 Å². The van der Waals surface area contributed by atoms with Crippen molar-refractivity contribution >= 4 is 28.9 Å². The van der Waals surface area contributed by atoms with Crippen LogP contribution in [-0.2, 0) is 4.79 Å². The number of para-hydroxylation sites is 1. The van der Waals surface area contributed by atoms with Crippen molar-refractivity contribution in [3.63, 3.8) is 0 Å². The number of rotatable bonds is 4. The predicted molar refractivity (Wildman–Crippen MR) is 124 cm³/mol. The molecule has 0 spiro atoms. The molecule has 0 aliphatic carbocycles. The van der Waals surface area contributed by atoms with E-state index in [2.05, 4.69) is 30.2 Å². The van der Waals surface area contributed by atoms with Crippen LogP contribution in [0.25, 0.3) is 11.4 Å². The van der Waals surface area contributed by atoms with E-state index in [9.17, 15) is 4.79 Å². The molecule has 0 saturated carbocycles. The fraction of sp³-hybridized carbons (Fsp3) is 0.125. The molecule has 154 valence electrons. The van der Waals surface area contributed by atoms with E-state index in [1.54, 1.807) is 11.3 Å². The van der Waals surface area contributed by atoms with Crippen LogP contribution in [0.1, 0.15) is 16.5 Å². The highest BCUT2D eigenvalue weighted by Crippen LogP contribution is 2.42. The lowest BCUT2D eigenvalue weighted by Gasteiger charge is -2.33. The molecule has 2 unspecified atom stereocenters. The first-order chi connectivity index (χ1) is 15.1. The van der Waals surface area contributed by atoms with Gasteiger partial charge in [0.15, 0.2) is 5.82 Å². The first kappa shape index (κ1) is 19.3. The number of carbonyl (C=O) groups is 1. The van der Waals surface area contributed by atoms with Gasteiger partial charge in [-0.15, -0.1) is 16.4 Å². The summed E-state index contributed by atoms with van der Waals surface area (Å²) < 4.78 is 1.82. The largest absolute Gasteiger partial charge is 0.328 e. The molecular weight excluding hydrogens is 406 g/mol. The van der Waals surface area contributed by atoms with Crippen LogP contribution in [0.5, 0.6) is 0 Å². The van der Waals surface area contributed by atoms with Crippen molar-refractivity contribution < 1.29 is 4.79 Å². The third kappa shape index (κ3) is 3.53. The maximum atomic E-state index is 13.4. The fourth-order valence-electron chi connectivity index (χ4n) is 3.86. The van der Waals surface area contributed by atoms with Crippen LogP contribution in [0, 0.1) is 12.8 Å². The normalized spacial score (nSPS) is 17.6. The van der Waals surface area contributed by atoms with Gasteiger partial charge in [-0.3, -0.25) is 4.79 Å². The molecule has 1 amide bonds. The molecule has 31 heavy (non-hydrogen) atoms. The van der Waals surface area contributed by atoms with Crippen LogP contribution in [0.3, 0.4) is 0 Å². The zero-order valence-electron chi connectivity index (χ0n) is 16.9. The molecule has 0 radical (unpaired) electrons. The topological polar surface area (TPSA) is 71.8 Å². The second-order valence-corrected chi connectivity index (χ2v) is 8.41. The van der Waals surface area contributed by atoms with Gasteiger partial charge in [-0.05, 0) is 36.1 Å². The number of hydrogen-bond donors (Lipinski definition) is 2. The molecule has 2 aromatic heterocycles. The fourth-order valence-corrected chi connectivity index (χ4v) is 4.91. The average Bonchev–Trinajstić information content (AvgIpc) is 3.40. The smallest absolute Gasteiger partial charge is 0.235 e. The van der Waals surface area contributed by atoms with E-state index in [0.717, 1.165) is 21.7 Å². The third-order valence-electron chi connectivity index (χ3n) is 5.38. The van der Waals surface area contributed by atoms with E-state index < -0.39 is 5.92 Å². The highest BCUT2D eigenvalue weighted by atomic mass is 32.1. The van der Waals surface area contributed by atoms with Crippen molar-refractivity contribution in [2.24, 2.45) is 5.92 Å². The Labute approximate surface area is 184 Å². The number of carbonyl (C=O) groups excluding carboxylic acids is 1. The predicted octanol–water partition coefficient (Wildman–Crippen LogP) is 5.10. The van der Waals surface area contributed by atoms with Gasteiger partial charge in [-0.25, -0.2) is 4.68 Å². The molecule has 0 fully saturated rings. The van der Waals surface area contributed by atoms with Crippen LogP contribution >= 0.6 is 11.3 Å². The Kier molecular flexibility index (Phi) is 4.88.